The van der Waals surface area contributed by atoms with Crippen LogP contribution in [0.3, 0.4) is 0 Å². The number of halogens is 1. The van der Waals surface area contributed by atoms with E-state index < -0.39 is 6.10 Å². The van der Waals surface area contributed by atoms with Crippen LogP contribution in [-0.4, -0.2) is 43.5 Å². The van der Waals surface area contributed by atoms with Crippen molar-refractivity contribution in [1.29, 1.82) is 0 Å². The number of carbonyl (C=O) groups excluding carboxylic acids is 2. The van der Waals surface area contributed by atoms with Gasteiger partial charge in [-0.1, -0.05) is 0 Å². The SMILES string of the molecule is COc1ccc(NC(=O)CN(C)C(=O)C(C)Oc2ccc(F)cc2)cc1. The predicted molar refractivity (Wildman–Crippen MR) is 95.8 cm³/mol. The number of nitrogens with zero attached hydrogens (tertiary/aromatic N) is 1. The minimum Gasteiger partial charge on any atom is -0.497 e. The molecule has 0 aliphatic carbocycles. The zero-order valence-electron chi connectivity index (χ0n) is 14.9. The fraction of sp³-hybridized carbons (Fsp3) is 0.263. The number of hydrogen-bond donors (Lipinski definition) is 1. The van der Waals surface area contributed by atoms with E-state index in [1.54, 1.807) is 38.3 Å². The van der Waals surface area contributed by atoms with E-state index in [4.69, 9.17) is 9.47 Å². The molecular weight excluding hydrogens is 339 g/mol. The van der Waals surface area contributed by atoms with Gasteiger partial charge in [-0.05, 0) is 55.5 Å². The van der Waals surface area contributed by atoms with Gasteiger partial charge in [0, 0.05) is 12.7 Å². The van der Waals surface area contributed by atoms with Gasteiger partial charge in [0.15, 0.2) is 6.10 Å². The summed E-state index contributed by atoms with van der Waals surface area (Å²) in [6, 6.07) is 12.2. The second kappa shape index (κ2) is 8.84. The predicted octanol–water partition coefficient (Wildman–Crippen LogP) is 2.70. The lowest BCUT2D eigenvalue weighted by Crippen LogP contribution is -2.41. The third-order valence-corrected chi connectivity index (χ3v) is 3.61. The number of benzene rings is 2. The lowest BCUT2D eigenvalue weighted by atomic mass is 10.3. The van der Waals surface area contributed by atoms with Crippen molar-refractivity contribution < 1.29 is 23.5 Å². The summed E-state index contributed by atoms with van der Waals surface area (Å²) in [5, 5.41) is 2.70. The Balaban J connectivity index is 1.86. The average molecular weight is 360 g/mol. The van der Waals surface area contributed by atoms with Crippen LogP contribution in [0.4, 0.5) is 10.1 Å². The number of likely N-dealkylation sites (N-methyl/N-ethyl adjacent to an activating group) is 1. The molecule has 0 aliphatic heterocycles. The van der Waals surface area contributed by atoms with Crippen molar-refractivity contribution in [2.45, 2.75) is 13.0 Å². The zero-order valence-corrected chi connectivity index (χ0v) is 14.9. The molecule has 0 radical (unpaired) electrons. The minimum atomic E-state index is -0.806. The van der Waals surface area contributed by atoms with Crippen LogP contribution < -0.4 is 14.8 Å². The quantitative estimate of drug-likeness (QED) is 0.824. The van der Waals surface area contributed by atoms with Gasteiger partial charge in [0.25, 0.3) is 5.91 Å². The Kier molecular flexibility index (Phi) is 6.54. The maximum atomic E-state index is 12.9. The Morgan fingerprint density at radius 2 is 1.65 bits per heavy atom. The third-order valence-electron chi connectivity index (χ3n) is 3.61. The molecule has 0 fully saturated rings. The fourth-order valence-corrected chi connectivity index (χ4v) is 2.25. The second-order valence-electron chi connectivity index (χ2n) is 5.68. The molecule has 0 heterocycles. The molecule has 0 aromatic heterocycles. The molecule has 7 heteroatoms. The number of amides is 2. The molecule has 138 valence electrons. The van der Waals surface area contributed by atoms with E-state index in [1.807, 2.05) is 0 Å². The van der Waals surface area contributed by atoms with Crippen LogP contribution >= 0.6 is 0 Å². The maximum Gasteiger partial charge on any atom is 0.263 e. The van der Waals surface area contributed by atoms with Crippen molar-refractivity contribution in [2.24, 2.45) is 0 Å². The number of nitrogens with one attached hydrogen (secondary N) is 1. The van der Waals surface area contributed by atoms with Gasteiger partial charge >= 0.3 is 0 Å². The Morgan fingerprint density at radius 3 is 2.23 bits per heavy atom. The Morgan fingerprint density at radius 1 is 1.08 bits per heavy atom. The standard InChI is InChI=1S/C19H21FN2O4/c1-13(26-17-8-4-14(20)5-9-17)19(24)22(2)12-18(23)21-15-6-10-16(25-3)11-7-15/h4-11,13H,12H2,1-3H3,(H,21,23). The summed E-state index contributed by atoms with van der Waals surface area (Å²) >= 11 is 0. The molecule has 2 aromatic rings. The Labute approximate surface area is 151 Å². The summed E-state index contributed by atoms with van der Waals surface area (Å²) in [5.74, 6) is -0.0201. The van der Waals surface area contributed by atoms with Crippen LogP contribution in [-0.2, 0) is 9.59 Å². The van der Waals surface area contributed by atoms with Gasteiger partial charge in [-0.15, -0.1) is 0 Å². The first-order valence-corrected chi connectivity index (χ1v) is 8.00. The first-order valence-electron chi connectivity index (χ1n) is 8.00. The first kappa shape index (κ1) is 19.2. The number of ether oxygens (including phenoxy) is 2. The third kappa shape index (κ3) is 5.47. The van der Waals surface area contributed by atoms with Crippen LogP contribution in [0.15, 0.2) is 48.5 Å². The van der Waals surface area contributed by atoms with Crippen molar-refractivity contribution in [1.82, 2.24) is 4.90 Å². The smallest absolute Gasteiger partial charge is 0.263 e. The Hall–Kier alpha value is -3.09. The second-order valence-corrected chi connectivity index (χ2v) is 5.68. The van der Waals surface area contributed by atoms with Crippen molar-refractivity contribution >= 4 is 17.5 Å². The molecule has 0 saturated heterocycles. The number of anilines is 1. The summed E-state index contributed by atoms with van der Waals surface area (Å²) in [6.45, 7) is 1.45. The van der Waals surface area contributed by atoms with Crippen LogP contribution in [0.1, 0.15) is 6.92 Å². The molecule has 1 N–H and O–H groups in total. The van der Waals surface area contributed by atoms with Crippen molar-refractivity contribution in [3.63, 3.8) is 0 Å². The molecule has 2 aromatic carbocycles. The number of rotatable bonds is 7. The highest BCUT2D eigenvalue weighted by Gasteiger charge is 2.21. The number of carbonyl (C=O) groups is 2. The Bertz CT molecular complexity index is 747. The van der Waals surface area contributed by atoms with Crippen molar-refractivity contribution in [2.75, 3.05) is 26.0 Å². The summed E-state index contributed by atoms with van der Waals surface area (Å²) in [6.07, 6.45) is -0.806. The van der Waals surface area contributed by atoms with Gasteiger partial charge in [-0.3, -0.25) is 9.59 Å². The van der Waals surface area contributed by atoms with Gasteiger partial charge < -0.3 is 19.7 Å². The highest BCUT2D eigenvalue weighted by molar-refractivity contribution is 5.95. The highest BCUT2D eigenvalue weighted by atomic mass is 19.1. The molecule has 26 heavy (non-hydrogen) atoms. The summed E-state index contributed by atoms with van der Waals surface area (Å²) in [5.41, 5.74) is 0.604. The molecule has 1 unspecified atom stereocenters. The van der Waals surface area contributed by atoms with E-state index >= 15 is 0 Å². The summed E-state index contributed by atoms with van der Waals surface area (Å²) in [7, 11) is 3.07. The first-order chi connectivity index (χ1) is 12.4. The lowest BCUT2D eigenvalue weighted by molar-refractivity contribution is -0.139. The lowest BCUT2D eigenvalue weighted by Gasteiger charge is -2.21. The normalized spacial score (nSPS) is 11.4. The van der Waals surface area contributed by atoms with Crippen LogP contribution in [0.2, 0.25) is 0 Å². The largest absolute Gasteiger partial charge is 0.497 e. The molecule has 0 aliphatic rings. The molecule has 0 spiro atoms. The van der Waals surface area contributed by atoms with Crippen LogP contribution in [0.25, 0.3) is 0 Å². The van der Waals surface area contributed by atoms with E-state index in [0.717, 1.165) is 0 Å². The van der Waals surface area contributed by atoms with E-state index in [2.05, 4.69) is 5.32 Å². The van der Waals surface area contributed by atoms with E-state index in [9.17, 15) is 14.0 Å². The van der Waals surface area contributed by atoms with Gasteiger partial charge in [0.1, 0.15) is 17.3 Å². The average Bonchev–Trinajstić information content (AvgIpc) is 2.63. The fourth-order valence-electron chi connectivity index (χ4n) is 2.25. The van der Waals surface area contributed by atoms with E-state index in [-0.39, 0.29) is 24.2 Å². The van der Waals surface area contributed by atoms with Crippen LogP contribution in [0.5, 0.6) is 11.5 Å². The van der Waals surface area contributed by atoms with Gasteiger partial charge in [0.05, 0.1) is 13.7 Å². The van der Waals surface area contributed by atoms with E-state index in [1.165, 1.54) is 36.2 Å². The van der Waals surface area contributed by atoms with Gasteiger partial charge in [-0.25, -0.2) is 4.39 Å². The molecule has 6 nitrogen and oxygen atoms in total. The topological polar surface area (TPSA) is 67.9 Å². The maximum absolute atomic E-state index is 12.9. The molecular formula is C19H21FN2O4. The molecule has 0 bridgehead atoms. The van der Waals surface area contributed by atoms with Crippen molar-refractivity contribution in [3.05, 3.63) is 54.3 Å². The highest BCUT2D eigenvalue weighted by Crippen LogP contribution is 2.15. The number of hydrogen-bond acceptors (Lipinski definition) is 4. The summed E-state index contributed by atoms with van der Waals surface area (Å²) < 4.78 is 23.4. The number of methoxy groups -OCH3 is 1. The zero-order chi connectivity index (χ0) is 19.1. The molecule has 2 amide bonds. The van der Waals surface area contributed by atoms with E-state index in [0.29, 0.717) is 17.2 Å². The molecule has 1 atom stereocenters. The monoisotopic (exact) mass is 360 g/mol. The molecule has 2 rings (SSSR count). The summed E-state index contributed by atoms with van der Waals surface area (Å²) in [4.78, 5) is 25.7. The van der Waals surface area contributed by atoms with Crippen molar-refractivity contribution in [3.8, 4) is 11.5 Å². The minimum absolute atomic E-state index is 0.123. The van der Waals surface area contributed by atoms with Gasteiger partial charge in [-0.2, -0.15) is 0 Å². The molecule has 0 saturated carbocycles. The van der Waals surface area contributed by atoms with Gasteiger partial charge in [0.2, 0.25) is 5.91 Å². The van der Waals surface area contributed by atoms with Crippen LogP contribution in [0, 0.1) is 5.82 Å².